The second-order valence-corrected chi connectivity index (χ2v) is 5.69. The Kier molecular flexibility index (Phi) is 7.92. The third kappa shape index (κ3) is 5.75. The number of carbonyl (C=O) groups is 1. The molecule has 6 heteroatoms. The molecule has 0 aliphatic heterocycles. The van der Waals surface area contributed by atoms with Crippen LogP contribution in [-0.4, -0.2) is 60.0 Å². The molecule has 2 rings (SSSR count). The molecule has 0 aromatic heterocycles. The molecule has 2 aromatic carbocycles. The van der Waals surface area contributed by atoms with E-state index in [1.54, 1.807) is 36.4 Å². The van der Waals surface area contributed by atoms with Crippen LogP contribution >= 0.6 is 0 Å². The Hall–Kier alpha value is -2.57. The third-order valence-electron chi connectivity index (χ3n) is 3.69. The Morgan fingerprint density at radius 2 is 1.65 bits per heavy atom. The Balaban J connectivity index is 1.95. The van der Waals surface area contributed by atoms with Crippen molar-refractivity contribution < 1.29 is 24.5 Å². The summed E-state index contributed by atoms with van der Waals surface area (Å²) in [6, 6.07) is 16.0. The van der Waals surface area contributed by atoms with Crippen LogP contribution in [0.15, 0.2) is 54.6 Å². The largest absolute Gasteiger partial charge is 0.490 e. The summed E-state index contributed by atoms with van der Waals surface area (Å²) >= 11 is 0. The zero-order chi connectivity index (χ0) is 18.8. The van der Waals surface area contributed by atoms with E-state index >= 15 is 0 Å². The van der Waals surface area contributed by atoms with Crippen LogP contribution < -0.4 is 9.47 Å². The smallest absolute Gasteiger partial charge is 0.254 e. The number of nitrogens with zero attached hydrogens (tertiary/aromatic N) is 1. The van der Waals surface area contributed by atoms with E-state index in [0.717, 1.165) is 0 Å². The van der Waals surface area contributed by atoms with E-state index in [9.17, 15) is 15.0 Å². The fourth-order valence-corrected chi connectivity index (χ4v) is 2.50. The normalized spacial score (nSPS) is 11.7. The highest BCUT2D eigenvalue weighted by molar-refractivity contribution is 5.94. The molecule has 0 heterocycles. The number of carbonyl (C=O) groups excluding carboxylic acids is 1. The summed E-state index contributed by atoms with van der Waals surface area (Å²) in [6.45, 7) is 2.42. The Morgan fingerprint density at radius 1 is 1.04 bits per heavy atom. The summed E-state index contributed by atoms with van der Waals surface area (Å²) in [5.41, 5.74) is 0.510. The number of ether oxygens (including phenoxy) is 2. The molecule has 2 aromatic rings. The van der Waals surface area contributed by atoms with E-state index < -0.39 is 6.10 Å². The van der Waals surface area contributed by atoms with Gasteiger partial charge in [-0.3, -0.25) is 4.79 Å². The average Bonchev–Trinajstić information content (AvgIpc) is 2.67. The molecule has 26 heavy (non-hydrogen) atoms. The zero-order valence-electron chi connectivity index (χ0n) is 14.9. The first kappa shape index (κ1) is 19.8. The van der Waals surface area contributed by atoms with Crippen LogP contribution in [0, 0.1) is 0 Å². The molecule has 1 unspecified atom stereocenters. The van der Waals surface area contributed by atoms with Gasteiger partial charge in [-0.15, -0.1) is 0 Å². The molecule has 2 N–H and O–H groups in total. The number of hydrogen-bond acceptors (Lipinski definition) is 5. The lowest BCUT2D eigenvalue weighted by molar-refractivity contribution is 0.0454. The van der Waals surface area contributed by atoms with Crippen LogP contribution in [-0.2, 0) is 0 Å². The second kappa shape index (κ2) is 10.4. The maximum atomic E-state index is 12.5. The van der Waals surface area contributed by atoms with Crippen molar-refractivity contribution >= 4 is 5.91 Å². The SMILES string of the molecule is CCOc1ccccc1OCC(O)CN(CCO)C(=O)c1ccccc1. The van der Waals surface area contributed by atoms with Crippen LogP contribution in [0.5, 0.6) is 11.5 Å². The van der Waals surface area contributed by atoms with Gasteiger partial charge in [0.1, 0.15) is 12.7 Å². The highest BCUT2D eigenvalue weighted by Crippen LogP contribution is 2.26. The molecular weight excluding hydrogens is 334 g/mol. The first-order chi connectivity index (χ1) is 12.7. The topological polar surface area (TPSA) is 79.2 Å². The average molecular weight is 359 g/mol. The van der Waals surface area contributed by atoms with Gasteiger partial charge in [0.2, 0.25) is 0 Å². The van der Waals surface area contributed by atoms with Gasteiger partial charge in [-0.1, -0.05) is 30.3 Å². The van der Waals surface area contributed by atoms with E-state index in [4.69, 9.17) is 9.47 Å². The Labute approximate surface area is 153 Å². The first-order valence-electron chi connectivity index (χ1n) is 8.63. The minimum Gasteiger partial charge on any atom is -0.490 e. The van der Waals surface area contributed by atoms with Crippen LogP contribution in [0.4, 0.5) is 0 Å². The first-order valence-corrected chi connectivity index (χ1v) is 8.63. The van der Waals surface area contributed by atoms with Crippen LogP contribution in [0.25, 0.3) is 0 Å². The molecule has 0 fully saturated rings. The standard InChI is InChI=1S/C20H25NO5/c1-2-25-18-10-6-7-11-19(18)26-15-17(23)14-21(12-13-22)20(24)16-8-4-3-5-9-16/h3-11,17,22-23H,2,12-15H2,1H3. The maximum Gasteiger partial charge on any atom is 0.254 e. The number of amides is 1. The number of aliphatic hydroxyl groups excluding tert-OH is 2. The predicted molar refractivity (Wildman–Crippen MR) is 98.5 cm³/mol. The number of benzene rings is 2. The van der Waals surface area contributed by atoms with Gasteiger partial charge in [0.15, 0.2) is 11.5 Å². The van der Waals surface area contributed by atoms with Gasteiger partial charge in [0, 0.05) is 12.1 Å². The highest BCUT2D eigenvalue weighted by atomic mass is 16.5. The van der Waals surface area contributed by atoms with Gasteiger partial charge in [0.25, 0.3) is 5.91 Å². The van der Waals surface area contributed by atoms with Crippen LogP contribution in [0.3, 0.4) is 0 Å². The second-order valence-electron chi connectivity index (χ2n) is 5.69. The summed E-state index contributed by atoms with van der Waals surface area (Å²) in [5, 5.41) is 19.5. The van der Waals surface area contributed by atoms with E-state index in [-0.39, 0.29) is 32.2 Å². The van der Waals surface area contributed by atoms with Crippen molar-refractivity contribution in [2.45, 2.75) is 13.0 Å². The van der Waals surface area contributed by atoms with E-state index in [2.05, 4.69) is 0 Å². The van der Waals surface area contributed by atoms with Crippen molar-refractivity contribution in [1.29, 1.82) is 0 Å². The highest BCUT2D eigenvalue weighted by Gasteiger charge is 2.19. The molecule has 0 spiro atoms. The molecule has 140 valence electrons. The summed E-state index contributed by atoms with van der Waals surface area (Å²) in [5.74, 6) is 0.902. The Bertz CT molecular complexity index is 677. The van der Waals surface area contributed by atoms with Gasteiger partial charge in [0.05, 0.1) is 19.8 Å². The molecule has 1 atom stereocenters. The van der Waals surface area contributed by atoms with Gasteiger partial charge >= 0.3 is 0 Å². The molecule has 6 nitrogen and oxygen atoms in total. The lowest BCUT2D eigenvalue weighted by Gasteiger charge is -2.25. The van der Waals surface area contributed by atoms with Crippen molar-refractivity contribution in [2.24, 2.45) is 0 Å². The summed E-state index contributed by atoms with van der Waals surface area (Å²) in [7, 11) is 0. The maximum absolute atomic E-state index is 12.5. The predicted octanol–water partition coefficient (Wildman–Crippen LogP) is 1.96. The number of aliphatic hydroxyl groups is 2. The molecule has 0 bridgehead atoms. The van der Waals surface area contributed by atoms with Gasteiger partial charge in [-0.05, 0) is 31.2 Å². The summed E-state index contributed by atoms with van der Waals surface area (Å²) in [6.07, 6.45) is -0.899. The van der Waals surface area contributed by atoms with Crippen molar-refractivity contribution in [3.05, 3.63) is 60.2 Å². The lowest BCUT2D eigenvalue weighted by atomic mass is 10.2. The van der Waals surface area contributed by atoms with Crippen molar-refractivity contribution in [1.82, 2.24) is 4.90 Å². The minimum absolute atomic E-state index is 0.00802. The lowest BCUT2D eigenvalue weighted by Crippen LogP contribution is -2.41. The molecule has 0 saturated heterocycles. The zero-order valence-corrected chi connectivity index (χ0v) is 14.9. The number of rotatable bonds is 10. The number of hydrogen-bond donors (Lipinski definition) is 2. The van der Waals surface area contributed by atoms with Crippen LogP contribution in [0.2, 0.25) is 0 Å². The Morgan fingerprint density at radius 3 is 2.27 bits per heavy atom. The van der Waals surface area contributed by atoms with Gasteiger partial charge in [-0.2, -0.15) is 0 Å². The van der Waals surface area contributed by atoms with E-state index in [0.29, 0.717) is 23.7 Å². The van der Waals surface area contributed by atoms with Crippen molar-refractivity contribution in [3.8, 4) is 11.5 Å². The molecule has 0 radical (unpaired) electrons. The fourth-order valence-electron chi connectivity index (χ4n) is 2.50. The van der Waals surface area contributed by atoms with Gasteiger partial charge < -0.3 is 24.6 Å². The van der Waals surface area contributed by atoms with Crippen molar-refractivity contribution in [3.63, 3.8) is 0 Å². The van der Waals surface area contributed by atoms with Gasteiger partial charge in [-0.25, -0.2) is 0 Å². The van der Waals surface area contributed by atoms with E-state index in [1.807, 2.05) is 25.1 Å². The fraction of sp³-hybridized carbons (Fsp3) is 0.350. The number of para-hydroxylation sites is 2. The molecule has 1 amide bonds. The molecule has 0 aliphatic rings. The minimum atomic E-state index is -0.899. The summed E-state index contributed by atoms with van der Waals surface area (Å²) in [4.78, 5) is 13.9. The molecule has 0 aliphatic carbocycles. The quantitative estimate of drug-likeness (QED) is 0.678. The van der Waals surface area contributed by atoms with E-state index in [1.165, 1.54) is 4.90 Å². The molecular formula is C20H25NO5. The monoisotopic (exact) mass is 359 g/mol. The van der Waals surface area contributed by atoms with Crippen molar-refractivity contribution in [2.75, 3.05) is 32.9 Å². The molecule has 0 saturated carbocycles. The third-order valence-corrected chi connectivity index (χ3v) is 3.69. The summed E-state index contributed by atoms with van der Waals surface area (Å²) < 4.78 is 11.1. The van der Waals surface area contributed by atoms with Crippen LogP contribution in [0.1, 0.15) is 17.3 Å².